The summed E-state index contributed by atoms with van der Waals surface area (Å²) < 4.78 is 5.34. The van der Waals surface area contributed by atoms with Crippen molar-refractivity contribution < 1.29 is 9.57 Å². The molecule has 3 aliphatic heterocycles. The van der Waals surface area contributed by atoms with Gasteiger partial charge < -0.3 is 14.9 Å². The van der Waals surface area contributed by atoms with Crippen LogP contribution in [0.1, 0.15) is 18.9 Å². The Hall–Kier alpha value is -2.50. The maximum absolute atomic E-state index is 5.82. The van der Waals surface area contributed by atoms with E-state index in [0.717, 1.165) is 23.3 Å². The minimum atomic E-state index is -0.786. The van der Waals surface area contributed by atoms with Gasteiger partial charge in [0, 0.05) is 24.0 Å². The van der Waals surface area contributed by atoms with Gasteiger partial charge in [-0.1, -0.05) is 24.2 Å². The first kappa shape index (κ1) is 13.2. The van der Waals surface area contributed by atoms with Crippen LogP contribution in [0.15, 0.2) is 40.7 Å². The fourth-order valence-electron chi connectivity index (χ4n) is 3.56. The summed E-state index contributed by atoms with van der Waals surface area (Å²) in [5.41, 5.74) is 3.91. The Morgan fingerprint density at radius 2 is 2.27 bits per heavy atom. The number of nitrogens with one attached hydrogen (secondary N) is 2. The van der Waals surface area contributed by atoms with E-state index in [0.29, 0.717) is 0 Å². The summed E-state index contributed by atoms with van der Waals surface area (Å²) >= 11 is 0. The lowest BCUT2D eigenvalue weighted by molar-refractivity contribution is -0.0411. The van der Waals surface area contributed by atoms with Crippen LogP contribution in [0, 0.1) is 5.41 Å². The molecule has 0 saturated carbocycles. The molecule has 3 atom stereocenters. The number of benzene rings is 1. The average molecular weight is 298 g/mol. The number of oxime groups is 1. The van der Waals surface area contributed by atoms with Gasteiger partial charge >= 0.3 is 0 Å². The quantitative estimate of drug-likeness (QED) is 0.891. The Kier molecular flexibility index (Phi) is 2.69. The van der Waals surface area contributed by atoms with Gasteiger partial charge in [0.2, 0.25) is 0 Å². The smallest absolute Gasteiger partial charge is 0.267 e. The molecule has 1 aromatic rings. The zero-order valence-electron chi connectivity index (χ0n) is 12.5. The van der Waals surface area contributed by atoms with Crippen LogP contribution in [0.4, 0.5) is 0 Å². The van der Waals surface area contributed by atoms with Crippen molar-refractivity contribution in [3.63, 3.8) is 0 Å². The number of hydrazone groups is 1. The number of methoxy groups -OCH3 is 1. The molecule has 22 heavy (non-hydrogen) atoms. The van der Waals surface area contributed by atoms with Crippen LogP contribution in [0.2, 0.25) is 0 Å². The van der Waals surface area contributed by atoms with E-state index in [1.807, 2.05) is 42.9 Å². The van der Waals surface area contributed by atoms with Crippen LogP contribution in [-0.2, 0) is 4.84 Å². The van der Waals surface area contributed by atoms with Gasteiger partial charge in [-0.25, -0.2) is 0 Å². The first-order valence-corrected chi connectivity index (χ1v) is 7.41. The molecule has 0 aliphatic carbocycles. The average Bonchev–Trinajstić information content (AvgIpc) is 3.10. The van der Waals surface area contributed by atoms with E-state index in [9.17, 15) is 0 Å². The molecule has 114 valence electrons. The van der Waals surface area contributed by atoms with Crippen LogP contribution in [-0.4, -0.2) is 31.3 Å². The van der Waals surface area contributed by atoms with Crippen LogP contribution >= 0.6 is 0 Å². The summed E-state index contributed by atoms with van der Waals surface area (Å²) in [4.78, 5) is 5.82. The highest BCUT2D eigenvalue weighted by molar-refractivity contribution is 6.00. The van der Waals surface area contributed by atoms with Gasteiger partial charge in [-0.2, -0.15) is 5.10 Å². The molecule has 0 aromatic heterocycles. The molecule has 3 heterocycles. The van der Waals surface area contributed by atoms with E-state index >= 15 is 0 Å². The summed E-state index contributed by atoms with van der Waals surface area (Å²) in [6, 6.07) is 8.08. The van der Waals surface area contributed by atoms with Crippen LogP contribution in [0.3, 0.4) is 0 Å². The Morgan fingerprint density at radius 1 is 1.36 bits per heavy atom. The number of ether oxygens (including phenoxy) is 1. The molecule has 0 saturated heterocycles. The van der Waals surface area contributed by atoms with Crippen molar-refractivity contribution in [1.82, 2.24) is 10.7 Å². The van der Waals surface area contributed by atoms with Crippen molar-refractivity contribution in [3.05, 3.63) is 36.0 Å². The van der Waals surface area contributed by atoms with E-state index in [2.05, 4.69) is 27.9 Å². The standard InChI is InChI=1S/C16H18N4O2/c1-3-14-15-9-18-20-16(15,22-19-10-15)13(8-17-14)11-5-4-6-12(7-11)21-2/h4-10,14,17,20H,3H2,1-2H3. The molecule has 0 spiro atoms. The lowest BCUT2D eigenvalue weighted by Crippen LogP contribution is -2.64. The molecular weight excluding hydrogens is 280 g/mol. The summed E-state index contributed by atoms with van der Waals surface area (Å²) in [7, 11) is 1.66. The second-order valence-corrected chi connectivity index (χ2v) is 5.73. The monoisotopic (exact) mass is 298 g/mol. The summed E-state index contributed by atoms with van der Waals surface area (Å²) in [5.74, 6) is 0.802. The van der Waals surface area contributed by atoms with E-state index in [1.54, 1.807) is 7.11 Å². The minimum absolute atomic E-state index is 0.173. The Labute approximate surface area is 128 Å². The largest absolute Gasteiger partial charge is 0.497 e. The van der Waals surface area contributed by atoms with Crippen molar-refractivity contribution in [2.45, 2.75) is 25.1 Å². The van der Waals surface area contributed by atoms with E-state index in [-0.39, 0.29) is 6.04 Å². The molecule has 6 nitrogen and oxygen atoms in total. The van der Waals surface area contributed by atoms with Gasteiger partial charge in [0.05, 0.1) is 13.3 Å². The predicted octanol–water partition coefficient (Wildman–Crippen LogP) is 1.71. The van der Waals surface area contributed by atoms with Crippen LogP contribution in [0.25, 0.3) is 5.57 Å². The maximum atomic E-state index is 5.82. The SMILES string of the molecule is CCC1NC=C(c2cccc(OC)c2)C23NN=CC12C=NO3. The molecule has 0 radical (unpaired) electrons. The zero-order chi connectivity index (χ0) is 15.2. The molecule has 1 aromatic carbocycles. The van der Waals surface area contributed by atoms with Gasteiger partial charge in [0.25, 0.3) is 5.72 Å². The highest BCUT2D eigenvalue weighted by atomic mass is 16.7. The Bertz CT molecular complexity index is 679. The second-order valence-electron chi connectivity index (χ2n) is 5.73. The highest BCUT2D eigenvalue weighted by Crippen LogP contribution is 2.51. The summed E-state index contributed by atoms with van der Waals surface area (Å²) in [6.07, 6.45) is 6.69. The fourth-order valence-corrected chi connectivity index (χ4v) is 3.56. The second kappa shape index (κ2) is 4.50. The molecule has 2 N–H and O–H groups in total. The minimum Gasteiger partial charge on any atom is -0.497 e. The third kappa shape index (κ3) is 1.44. The maximum Gasteiger partial charge on any atom is 0.267 e. The van der Waals surface area contributed by atoms with Crippen molar-refractivity contribution in [1.29, 1.82) is 0 Å². The third-order valence-corrected chi connectivity index (χ3v) is 4.74. The van der Waals surface area contributed by atoms with Crippen molar-refractivity contribution in [3.8, 4) is 5.75 Å². The van der Waals surface area contributed by atoms with Gasteiger partial charge in [0.15, 0.2) is 0 Å². The first-order valence-electron chi connectivity index (χ1n) is 7.41. The number of hydrogen-bond donors (Lipinski definition) is 2. The third-order valence-electron chi connectivity index (χ3n) is 4.74. The summed E-state index contributed by atoms with van der Waals surface area (Å²) in [6.45, 7) is 2.14. The molecule has 6 heteroatoms. The molecule has 3 aliphatic rings. The predicted molar refractivity (Wildman–Crippen MR) is 84.6 cm³/mol. The summed E-state index contributed by atoms with van der Waals surface area (Å²) in [5, 5.41) is 11.9. The van der Waals surface area contributed by atoms with Gasteiger partial charge in [-0.15, -0.1) is 0 Å². The Morgan fingerprint density at radius 3 is 3.09 bits per heavy atom. The van der Waals surface area contributed by atoms with Crippen molar-refractivity contribution in [2.75, 3.05) is 7.11 Å². The van der Waals surface area contributed by atoms with Gasteiger partial charge in [-0.05, 0) is 24.1 Å². The van der Waals surface area contributed by atoms with Crippen molar-refractivity contribution >= 4 is 18.0 Å². The Balaban J connectivity index is 1.86. The van der Waals surface area contributed by atoms with Crippen LogP contribution in [0.5, 0.6) is 5.75 Å². The molecule has 0 fully saturated rings. The first-order chi connectivity index (χ1) is 10.8. The zero-order valence-corrected chi connectivity index (χ0v) is 12.5. The number of hydrogen-bond acceptors (Lipinski definition) is 6. The molecule has 3 unspecified atom stereocenters. The van der Waals surface area contributed by atoms with Gasteiger partial charge in [-0.3, -0.25) is 5.43 Å². The number of rotatable bonds is 3. The normalized spacial score (nSPS) is 34.1. The highest BCUT2D eigenvalue weighted by Gasteiger charge is 2.66. The lowest BCUT2D eigenvalue weighted by Gasteiger charge is -2.44. The van der Waals surface area contributed by atoms with Gasteiger partial charge in [0.1, 0.15) is 11.2 Å². The van der Waals surface area contributed by atoms with E-state index in [4.69, 9.17) is 9.57 Å². The lowest BCUT2D eigenvalue weighted by atomic mass is 9.67. The molecule has 0 amide bonds. The van der Waals surface area contributed by atoms with E-state index in [1.165, 1.54) is 0 Å². The molecule has 0 bridgehead atoms. The fraction of sp³-hybridized carbons (Fsp3) is 0.375. The number of nitrogens with zero attached hydrogens (tertiary/aromatic N) is 2. The topological polar surface area (TPSA) is 67.2 Å². The van der Waals surface area contributed by atoms with Crippen molar-refractivity contribution in [2.24, 2.45) is 15.7 Å². The van der Waals surface area contributed by atoms with E-state index < -0.39 is 11.1 Å². The molecular formula is C16H18N4O2. The molecule has 4 rings (SSSR count). The van der Waals surface area contributed by atoms with Crippen LogP contribution < -0.4 is 15.5 Å².